The van der Waals surface area contributed by atoms with Gasteiger partial charge in [-0.2, -0.15) is 9.94 Å². The van der Waals surface area contributed by atoms with Crippen LogP contribution in [0.2, 0.25) is 0 Å². The van der Waals surface area contributed by atoms with E-state index in [0.29, 0.717) is 22.0 Å². The van der Waals surface area contributed by atoms with Crippen LogP contribution >= 0.6 is 11.3 Å². The highest BCUT2D eigenvalue weighted by molar-refractivity contribution is 7.17. The zero-order chi connectivity index (χ0) is 22.8. The molecule has 0 aliphatic heterocycles. The van der Waals surface area contributed by atoms with Crippen molar-refractivity contribution in [1.29, 1.82) is 5.26 Å². The maximum atomic E-state index is 13.5. The molecule has 0 saturated carbocycles. The number of nitrogens with one attached hydrogen (secondary N) is 1. The van der Waals surface area contributed by atoms with Gasteiger partial charge in [-0.05, 0) is 25.0 Å². The smallest absolute Gasteiger partial charge is 0.277 e. The van der Waals surface area contributed by atoms with Gasteiger partial charge in [0.25, 0.3) is 5.56 Å². The summed E-state index contributed by atoms with van der Waals surface area (Å²) >= 11 is 1.37. The molecular weight excluding hydrogens is 422 g/mol. The summed E-state index contributed by atoms with van der Waals surface area (Å²) < 4.78 is 1.36. The first-order chi connectivity index (χ1) is 15.4. The lowest BCUT2D eigenvalue weighted by Gasteiger charge is -2.19. The fourth-order valence-electron chi connectivity index (χ4n) is 3.77. The van der Waals surface area contributed by atoms with Crippen LogP contribution in [0.25, 0.3) is 15.6 Å². The second-order valence-electron chi connectivity index (χ2n) is 7.56. The molecule has 2 aromatic carbocycles. The van der Waals surface area contributed by atoms with E-state index in [4.69, 9.17) is 5.73 Å². The Morgan fingerprint density at radius 3 is 2.47 bits per heavy atom. The Morgan fingerprint density at radius 2 is 1.84 bits per heavy atom. The highest BCUT2D eigenvalue weighted by Crippen LogP contribution is 2.33. The van der Waals surface area contributed by atoms with Crippen LogP contribution < -0.4 is 11.3 Å². The number of amides is 1. The predicted octanol–water partition coefficient (Wildman–Crippen LogP) is 3.66. The van der Waals surface area contributed by atoms with Crippen LogP contribution in [0.3, 0.4) is 0 Å². The molecule has 160 valence electrons. The van der Waals surface area contributed by atoms with Crippen LogP contribution in [0, 0.1) is 31.1 Å². The molecule has 0 unspecified atom stereocenters. The average molecular weight is 444 g/mol. The Hall–Kier alpha value is -3.96. The second kappa shape index (κ2) is 8.65. The predicted molar refractivity (Wildman–Crippen MR) is 124 cm³/mol. The maximum absolute atomic E-state index is 13.5. The molecular formula is C24H21N5O2S. The Kier molecular flexibility index (Phi) is 5.75. The van der Waals surface area contributed by atoms with Gasteiger partial charge in [-0.1, -0.05) is 71.5 Å². The van der Waals surface area contributed by atoms with E-state index in [1.807, 2.05) is 43.3 Å². The normalized spacial score (nSPS) is 12.8. The number of hydrogen-bond donors (Lipinski definition) is 2. The Labute approximate surface area is 188 Å². The van der Waals surface area contributed by atoms with Crippen molar-refractivity contribution in [3.63, 3.8) is 0 Å². The molecule has 4 aromatic rings. The first-order valence-corrected chi connectivity index (χ1v) is 10.8. The number of hydrogen-bond acceptors (Lipinski definition) is 5. The van der Waals surface area contributed by atoms with Crippen LogP contribution in [-0.2, 0) is 4.79 Å². The number of carbonyl (C=O) groups excluding carboxylic acids is 1. The number of aromatic nitrogens is 3. The van der Waals surface area contributed by atoms with Crippen LogP contribution in [0.5, 0.6) is 0 Å². The summed E-state index contributed by atoms with van der Waals surface area (Å²) in [5, 5.41) is 13.2. The molecule has 8 heteroatoms. The minimum Gasteiger partial charge on any atom is -0.369 e. The summed E-state index contributed by atoms with van der Waals surface area (Å²) in [6.07, 6.45) is 1.73. The van der Waals surface area contributed by atoms with Crippen molar-refractivity contribution in [3.05, 3.63) is 93.5 Å². The number of nitrogens with zero attached hydrogens (tertiary/aromatic N) is 3. The van der Waals surface area contributed by atoms with E-state index in [-0.39, 0.29) is 5.56 Å². The first-order valence-electron chi connectivity index (χ1n) is 9.99. The lowest BCUT2D eigenvalue weighted by atomic mass is 9.81. The lowest BCUT2D eigenvalue weighted by molar-refractivity contribution is -0.120. The number of nitrogens with two attached hydrogens (primary N) is 1. The number of carbonyl (C=O) groups is 1. The summed E-state index contributed by atoms with van der Waals surface area (Å²) in [6, 6.07) is 19.0. The molecule has 0 saturated heterocycles. The summed E-state index contributed by atoms with van der Waals surface area (Å²) in [5.41, 5.74) is 8.89. The summed E-state index contributed by atoms with van der Waals surface area (Å²) in [7, 11) is 0. The van der Waals surface area contributed by atoms with Gasteiger partial charge in [-0.25, -0.2) is 4.98 Å². The zero-order valence-corrected chi connectivity index (χ0v) is 18.4. The van der Waals surface area contributed by atoms with Crippen molar-refractivity contribution in [2.24, 2.45) is 11.7 Å². The Balaban J connectivity index is 1.82. The van der Waals surface area contributed by atoms with E-state index in [9.17, 15) is 14.9 Å². The highest BCUT2D eigenvalue weighted by Gasteiger charge is 2.34. The van der Waals surface area contributed by atoms with E-state index < -0.39 is 17.7 Å². The van der Waals surface area contributed by atoms with Crippen molar-refractivity contribution < 1.29 is 4.79 Å². The Morgan fingerprint density at radius 1 is 1.16 bits per heavy atom. The third-order valence-electron chi connectivity index (χ3n) is 5.39. The number of thiazole rings is 1. The van der Waals surface area contributed by atoms with Gasteiger partial charge in [0.1, 0.15) is 5.92 Å². The van der Waals surface area contributed by atoms with E-state index in [2.05, 4.69) is 10.1 Å². The SMILES string of the molecule is Cc1ccc(-c2cnc(-n3[nH]c(C)c([C@@H](c4ccccc4)[C@H](C#N)C(N)=O)c3=O)s2)cc1. The van der Waals surface area contributed by atoms with E-state index in [0.717, 1.165) is 16.0 Å². The molecule has 4 rings (SSSR count). The number of aryl methyl sites for hydroxylation is 2. The molecule has 3 N–H and O–H groups in total. The third-order valence-corrected chi connectivity index (χ3v) is 6.42. The van der Waals surface area contributed by atoms with Crippen molar-refractivity contribution in [3.8, 4) is 21.6 Å². The van der Waals surface area contributed by atoms with Crippen LogP contribution in [0.1, 0.15) is 28.3 Å². The van der Waals surface area contributed by atoms with Crippen molar-refractivity contribution >= 4 is 17.2 Å². The zero-order valence-electron chi connectivity index (χ0n) is 17.6. The van der Waals surface area contributed by atoms with Gasteiger partial charge in [0.15, 0.2) is 0 Å². The van der Waals surface area contributed by atoms with Crippen molar-refractivity contribution in [2.75, 3.05) is 0 Å². The van der Waals surface area contributed by atoms with Crippen LogP contribution in [0.4, 0.5) is 0 Å². The fourth-order valence-corrected chi connectivity index (χ4v) is 4.65. The molecule has 2 aromatic heterocycles. The summed E-state index contributed by atoms with van der Waals surface area (Å²) in [6.45, 7) is 3.77. The average Bonchev–Trinajstić information content (AvgIpc) is 3.38. The number of aromatic amines is 1. The number of H-pyrrole nitrogens is 1. The molecule has 0 bridgehead atoms. The van der Waals surface area contributed by atoms with Gasteiger partial charge in [-0.3, -0.25) is 14.7 Å². The van der Waals surface area contributed by atoms with Crippen LogP contribution in [0.15, 0.2) is 65.6 Å². The first kappa shape index (κ1) is 21.3. The lowest BCUT2D eigenvalue weighted by Crippen LogP contribution is -2.31. The van der Waals surface area contributed by atoms with Crippen molar-refractivity contribution in [2.45, 2.75) is 19.8 Å². The molecule has 7 nitrogen and oxygen atoms in total. The van der Waals surface area contributed by atoms with E-state index in [1.165, 1.54) is 16.0 Å². The number of rotatable bonds is 6. The molecule has 0 radical (unpaired) electrons. The van der Waals surface area contributed by atoms with E-state index >= 15 is 0 Å². The van der Waals surface area contributed by atoms with Crippen LogP contribution in [-0.4, -0.2) is 20.7 Å². The molecule has 0 aliphatic carbocycles. The third kappa shape index (κ3) is 3.86. The largest absolute Gasteiger partial charge is 0.369 e. The van der Waals surface area contributed by atoms with Gasteiger partial charge >= 0.3 is 0 Å². The molecule has 32 heavy (non-hydrogen) atoms. The minimum atomic E-state index is -1.19. The van der Waals surface area contributed by atoms with Crippen molar-refractivity contribution in [1.82, 2.24) is 14.8 Å². The highest BCUT2D eigenvalue weighted by atomic mass is 32.1. The topological polar surface area (TPSA) is 118 Å². The minimum absolute atomic E-state index is 0.327. The molecule has 0 spiro atoms. The number of benzene rings is 2. The molecule has 2 heterocycles. The second-order valence-corrected chi connectivity index (χ2v) is 8.57. The van der Waals surface area contributed by atoms with Gasteiger partial charge in [0, 0.05) is 23.4 Å². The molecule has 0 aliphatic rings. The summed E-state index contributed by atoms with van der Waals surface area (Å²) in [4.78, 5) is 30.9. The van der Waals surface area contributed by atoms with Gasteiger partial charge < -0.3 is 5.73 Å². The molecule has 2 atom stereocenters. The quantitative estimate of drug-likeness (QED) is 0.473. The standard InChI is InChI=1S/C24H21N5O2S/c1-14-8-10-16(11-9-14)19-13-27-24(32-19)29-23(31)20(15(2)28-29)21(18(12-25)22(26)30)17-6-4-3-5-7-17/h3-11,13,18,21,28H,1-2H3,(H2,26,30)/t18-,21-/m0/s1. The van der Waals surface area contributed by atoms with Gasteiger partial charge in [0.2, 0.25) is 11.0 Å². The molecule has 1 amide bonds. The molecule has 0 fully saturated rings. The summed E-state index contributed by atoms with van der Waals surface area (Å²) in [5.74, 6) is -2.75. The Bertz CT molecular complexity index is 1360. The van der Waals surface area contributed by atoms with E-state index in [1.54, 1.807) is 37.4 Å². The monoisotopic (exact) mass is 443 g/mol. The maximum Gasteiger partial charge on any atom is 0.277 e. The van der Waals surface area contributed by atoms with Gasteiger partial charge in [0.05, 0.1) is 10.9 Å². The fraction of sp³-hybridized carbons (Fsp3) is 0.167. The van der Waals surface area contributed by atoms with Gasteiger partial charge in [-0.15, -0.1) is 0 Å². The number of nitriles is 1. The number of primary amides is 1.